The van der Waals surface area contributed by atoms with Crippen LogP contribution >= 0.6 is 0 Å². The van der Waals surface area contributed by atoms with Crippen LogP contribution in [0.4, 0.5) is 5.95 Å². The Bertz CT molecular complexity index is 824. The largest absolute Gasteiger partial charge is 0.286 e. The molecule has 150 valence electrons. The molecule has 1 heterocycles. The maximum atomic E-state index is 12.6. The number of fused-ring (bicyclic) bond motifs is 1. The fraction of sp³-hybridized carbons (Fsp3) is 0.526. The molecular formula is C19H26N6O3. The van der Waals surface area contributed by atoms with Gasteiger partial charge in [0.25, 0.3) is 5.95 Å². The third-order valence-electron chi connectivity index (χ3n) is 5.21. The lowest BCUT2D eigenvalue weighted by Crippen LogP contribution is -2.40. The van der Waals surface area contributed by atoms with Crippen molar-refractivity contribution in [2.75, 3.05) is 12.0 Å². The lowest BCUT2D eigenvalue weighted by molar-refractivity contribution is -0.154. The summed E-state index contributed by atoms with van der Waals surface area (Å²) >= 11 is 0. The number of hydrogen-bond acceptors (Lipinski definition) is 7. The van der Waals surface area contributed by atoms with Gasteiger partial charge in [0, 0.05) is 0 Å². The van der Waals surface area contributed by atoms with E-state index in [1.807, 2.05) is 25.1 Å². The van der Waals surface area contributed by atoms with Crippen molar-refractivity contribution in [3.05, 3.63) is 23.8 Å². The van der Waals surface area contributed by atoms with Crippen LogP contribution in [0.3, 0.4) is 0 Å². The van der Waals surface area contributed by atoms with Gasteiger partial charge in [-0.25, -0.2) is 10.0 Å². The van der Waals surface area contributed by atoms with Crippen molar-refractivity contribution in [2.24, 2.45) is 11.8 Å². The van der Waals surface area contributed by atoms with Gasteiger partial charge in [-0.1, -0.05) is 31.7 Å². The minimum Gasteiger partial charge on any atom is -0.286 e. The summed E-state index contributed by atoms with van der Waals surface area (Å²) < 4.78 is 0. The number of aromatic nitrogens is 3. The number of carbonyl (C=O) groups is 2. The van der Waals surface area contributed by atoms with Gasteiger partial charge in [0.2, 0.25) is 12.3 Å². The van der Waals surface area contributed by atoms with E-state index >= 15 is 0 Å². The van der Waals surface area contributed by atoms with E-state index in [2.05, 4.69) is 26.0 Å². The number of anilines is 1. The molecule has 2 aromatic rings. The van der Waals surface area contributed by atoms with Crippen LogP contribution in [0.15, 0.2) is 18.2 Å². The van der Waals surface area contributed by atoms with E-state index in [9.17, 15) is 14.8 Å². The average Bonchev–Trinajstić information content (AvgIpc) is 3.22. The third-order valence-corrected chi connectivity index (χ3v) is 5.21. The molecule has 0 radical (unpaired) electrons. The highest BCUT2D eigenvalue weighted by atomic mass is 16.5. The summed E-state index contributed by atoms with van der Waals surface area (Å²) in [5.74, 6) is -0.0653. The van der Waals surface area contributed by atoms with Gasteiger partial charge >= 0.3 is 0 Å². The number of hydrogen-bond donors (Lipinski definition) is 3. The van der Waals surface area contributed by atoms with Crippen LogP contribution in [0, 0.1) is 18.8 Å². The second-order valence-electron chi connectivity index (χ2n) is 7.39. The molecule has 3 rings (SSSR count). The van der Waals surface area contributed by atoms with Crippen LogP contribution in [0.2, 0.25) is 0 Å². The first-order chi connectivity index (χ1) is 13.5. The fourth-order valence-corrected chi connectivity index (χ4v) is 3.63. The first-order valence-corrected chi connectivity index (χ1v) is 9.63. The van der Waals surface area contributed by atoms with Crippen LogP contribution < -0.4 is 10.9 Å². The Kier molecular flexibility index (Phi) is 6.70. The molecule has 1 saturated carbocycles. The lowest BCUT2D eigenvalue weighted by atomic mass is 9.94. The number of aryl methyl sites for hydroxylation is 1. The van der Waals surface area contributed by atoms with Crippen LogP contribution in [-0.4, -0.2) is 44.3 Å². The fourth-order valence-electron chi connectivity index (χ4n) is 3.63. The van der Waals surface area contributed by atoms with E-state index in [1.54, 1.807) is 0 Å². The number of hydroxylamine groups is 2. The third kappa shape index (κ3) is 5.35. The summed E-state index contributed by atoms with van der Waals surface area (Å²) in [6, 6.07) is 5.64. The van der Waals surface area contributed by atoms with Crippen LogP contribution in [0.5, 0.6) is 0 Å². The molecule has 3 N–H and O–H groups in total. The molecule has 9 heteroatoms. The zero-order valence-corrected chi connectivity index (χ0v) is 16.0. The Morgan fingerprint density at radius 1 is 1.32 bits per heavy atom. The predicted molar refractivity (Wildman–Crippen MR) is 103 cm³/mol. The first kappa shape index (κ1) is 19.9. The SMILES string of the molecule is Cc1ccc2nc(NNC(=O)C(CCC3CCCC3)CN(O)C=O)nnc2c1. The highest BCUT2D eigenvalue weighted by Crippen LogP contribution is 2.30. The second-order valence-corrected chi connectivity index (χ2v) is 7.39. The van der Waals surface area contributed by atoms with E-state index < -0.39 is 5.92 Å². The minimum absolute atomic E-state index is 0.0557. The first-order valence-electron chi connectivity index (χ1n) is 9.63. The number of amides is 2. The molecule has 9 nitrogen and oxygen atoms in total. The Labute approximate surface area is 163 Å². The molecule has 1 aliphatic carbocycles. The lowest BCUT2D eigenvalue weighted by Gasteiger charge is -2.21. The van der Waals surface area contributed by atoms with Crippen molar-refractivity contribution in [1.29, 1.82) is 0 Å². The van der Waals surface area contributed by atoms with Crippen molar-refractivity contribution in [3.8, 4) is 0 Å². The molecule has 28 heavy (non-hydrogen) atoms. The van der Waals surface area contributed by atoms with E-state index in [0.717, 1.165) is 12.0 Å². The second kappa shape index (κ2) is 9.41. The molecule has 0 bridgehead atoms. The number of carbonyl (C=O) groups excluding carboxylic acids is 2. The zero-order valence-electron chi connectivity index (χ0n) is 16.0. The number of nitrogens with zero attached hydrogens (tertiary/aromatic N) is 4. The molecular weight excluding hydrogens is 360 g/mol. The summed E-state index contributed by atoms with van der Waals surface area (Å²) in [6.07, 6.45) is 6.63. The maximum absolute atomic E-state index is 12.6. The van der Waals surface area contributed by atoms with Crippen molar-refractivity contribution in [3.63, 3.8) is 0 Å². The number of rotatable bonds is 9. The summed E-state index contributed by atoms with van der Waals surface area (Å²) in [7, 11) is 0. The zero-order chi connectivity index (χ0) is 19.9. The number of nitrogens with one attached hydrogen (secondary N) is 2. The maximum Gasteiger partial charge on any atom is 0.262 e. The topological polar surface area (TPSA) is 120 Å². The summed E-state index contributed by atoms with van der Waals surface area (Å²) in [4.78, 5) is 27.6. The Morgan fingerprint density at radius 3 is 2.86 bits per heavy atom. The molecule has 1 atom stereocenters. The molecule has 0 spiro atoms. The van der Waals surface area contributed by atoms with Gasteiger partial charge in [-0.2, -0.15) is 0 Å². The van der Waals surface area contributed by atoms with E-state index in [1.165, 1.54) is 25.7 Å². The van der Waals surface area contributed by atoms with Crippen molar-refractivity contribution < 1.29 is 14.8 Å². The summed E-state index contributed by atoms with van der Waals surface area (Å²) in [5, 5.41) is 18.1. The van der Waals surface area contributed by atoms with E-state index in [4.69, 9.17) is 0 Å². The molecule has 1 unspecified atom stereocenters. The van der Waals surface area contributed by atoms with Gasteiger partial charge in [-0.15, -0.1) is 10.2 Å². The molecule has 1 aromatic carbocycles. The molecule has 0 saturated heterocycles. The molecule has 1 aliphatic rings. The average molecular weight is 386 g/mol. The van der Waals surface area contributed by atoms with Gasteiger partial charge in [-0.05, 0) is 43.4 Å². The van der Waals surface area contributed by atoms with Gasteiger partial charge in [0.1, 0.15) is 5.52 Å². The summed E-state index contributed by atoms with van der Waals surface area (Å²) in [5.41, 5.74) is 7.65. The minimum atomic E-state index is -0.528. The number of hydrazine groups is 1. The van der Waals surface area contributed by atoms with Crippen LogP contribution in [0.25, 0.3) is 11.0 Å². The quantitative estimate of drug-likeness (QED) is 0.343. The van der Waals surface area contributed by atoms with Gasteiger partial charge < -0.3 is 0 Å². The smallest absolute Gasteiger partial charge is 0.262 e. The highest BCUT2D eigenvalue weighted by Gasteiger charge is 2.24. The van der Waals surface area contributed by atoms with E-state index in [0.29, 0.717) is 34.8 Å². The van der Waals surface area contributed by atoms with Gasteiger partial charge in [0.15, 0.2) is 0 Å². The number of benzene rings is 1. The van der Waals surface area contributed by atoms with E-state index in [-0.39, 0.29) is 18.4 Å². The molecule has 1 aromatic heterocycles. The van der Waals surface area contributed by atoms with Crippen molar-refractivity contribution >= 4 is 29.3 Å². The van der Waals surface area contributed by atoms with Crippen molar-refractivity contribution in [2.45, 2.75) is 45.4 Å². The molecule has 1 fully saturated rings. The standard InChI is InChI=1S/C19H26N6O3/c1-13-6-9-16-17(10-13)21-23-19(20-16)24-22-18(27)15(11-25(28)12-26)8-7-14-4-2-3-5-14/h6,9-10,12,14-15,28H,2-5,7-8,11H2,1H3,(H,22,27)(H,20,23,24). The predicted octanol–water partition coefficient (Wildman–Crippen LogP) is 2.21. The Balaban J connectivity index is 1.59. The summed E-state index contributed by atoms with van der Waals surface area (Å²) in [6.45, 7) is 1.91. The van der Waals surface area contributed by atoms with Gasteiger partial charge in [0.05, 0.1) is 18.0 Å². The van der Waals surface area contributed by atoms with Crippen LogP contribution in [-0.2, 0) is 9.59 Å². The van der Waals surface area contributed by atoms with Crippen molar-refractivity contribution in [1.82, 2.24) is 25.7 Å². The monoisotopic (exact) mass is 386 g/mol. The molecule has 0 aliphatic heterocycles. The van der Waals surface area contributed by atoms with Gasteiger partial charge in [-0.3, -0.25) is 25.6 Å². The van der Waals surface area contributed by atoms with Crippen LogP contribution in [0.1, 0.15) is 44.1 Å². The Hall–Kier alpha value is -2.81. The molecule has 2 amide bonds. The normalized spacial score (nSPS) is 15.4. The Morgan fingerprint density at radius 2 is 2.11 bits per heavy atom. The highest BCUT2D eigenvalue weighted by molar-refractivity contribution is 5.80.